The van der Waals surface area contributed by atoms with Crippen LogP contribution in [0.25, 0.3) is 5.69 Å². The van der Waals surface area contributed by atoms with Crippen molar-refractivity contribution < 1.29 is 0 Å². The van der Waals surface area contributed by atoms with Gasteiger partial charge in [-0.3, -0.25) is 9.56 Å². The molecule has 0 saturated heterocycles. The average molecular weight is 538 g/mol. The molecule has 0 radical (unpaired) electrons. The molecule has 1 aromatic heterocycles. The average Bonchev–Trinajstić information content (AvgIpc) is 3.10. The van der Waals surface area contributed by atoms with Crippen LogP contribution in [-0.2, 0) is 6.54 Å². The normalized spacial score (nSPS) is 12.9. The fourth-order valence-electron chi connectivity index (χ4n) is 5.17. The summed E-state index contributed by atoms with van der Waals surface area (Å²) in [6, 6.07) is 16.1. The lowest BCUT2D eigenvalue weighted by Crippen LogP contribution is -2.38. The molecular formula is C28H37BrN6. The summed E-state index contributed by atoms with van der Waals surface area (Å²) in [6.45, 7) is 16.1. The molecule has 0 fully saturated rings. The van der Waals surface area contributed by atoms with Crippen molar-refractivity contribution in [2.45, 2.75) is 73.0 Å². The Morgan fingerprint density at radius 1 is 0.914 bits per heavy atom. The molecule has 0 unspecified atom stereocenters. The minimum absolute atomic E-state index is 0.342. The molecule has 186 valence electrons. The van der Waals surface area contributed by atoms with Crippen molar-refractivity contribution >= 4 is 33.0 Å². The Balaban J connectivity index is 1.88. The molecule has 2 heterocycles. The van der Waals surface area contributed by atoms with Crippen LogP contribution < -0.4 is 9.80 Å². The molecule has 0 atom stereocenters. The number of aromatic nitrogens is 3. The zero-order valence-electron chi connectivity index (χ0n) is 21.8. The van der Waals surface area contributed by atoms with E-state index in [4.69, 9.17) is 4.99 Å². The molecule has 0 N–H and O–H groups in total. The maximum absolute atomic E-state index is 5.13. The minimum Gasteiger partial charge on any atom is -0.372 e. The van der Waals surface area contributed by atoms with Gasteiger partial charge in [-0.15, -0.1) is 10.2 Å². The molecular weight excluding hydrogens is 500 g/mol. The van der Waals surface area contributed by atoms with Gasteiger partial charge in [-0.2, -0.15) is 0 Å². The smallest absolute Gasteiger partial charge is 0.204 e. The number of aliphatic imine (C=N–C) groups is 1. The van der Waals surface area contributed by atoms with E-state index < -0.39 is 0 Å². The van der Waals surface area contributed by atoms with Crippen LogP contribution in [0.3, 0.4) is 0 Å². The number of hydrogen-bond acceptors (Lipinski definition) is 5. The van der Waals surface area contributed by atoms with Crippen molar-refractivity contribution in [1.29, 1.82) is 0 Å². The van der Waals surface area contributed by atoms with Crippen LogP contribution in [0.15, 0.2) is 52.2 Å². The fourth-order valence-corrected chi connectivity index (χ4v) is 5.64. The first kappa shape index (κ1) is 25.4. The van der Waals surface area contributed by atoms with Crippen LogP contribution in [-0.4, -0.2) is 45.6 Å². The summed E-state index contributed by atoms with van der Waals surface area (Å²) in [4.78, 5) is 10.1. The van der Waals surface area contributed by atoms with Crippen molar-refractivity contribution in [2.75, 3.05) is 22.9 Å². The highest BCUT2D eigenvalue weighted by molar-refractivity contribution is 9.10. The minimum atomic E-state index is 0.342. The van der Waals surface area contributed by atoms with E-state index in [0.717, 1.165) is 54.3 Å². The van der Waals surface area contributed by atoms with Gasteiger partial charge < -0.3 is 9.80 Å². The second kappa shape index (κ2) is 10.9. The Morgan fingerprint density at radius 2 is 1.57 bits per heavy atom. The van der Waals surface area contributed by atoms with Gasteiger partial charge in [0.2, 0.25) is 4.73 Å². The molecule has 1 aliphatic rings. The van der Waals surface area contributed by atoms with Gasteiger partial charge in [0.1, 0.15) is 6.54 Å². The van der Waals surface area contributed by atoms with Crippen LogP contribution >= 0.6 is 15.9 Å². The van der Waals surface area contributed by atoms with E-state index in [0.29, 0.717) is 23.4 Å². The van der Waals surface area contributed by atoms with Gasteiger partial charge in [-0.05, 0) is 80.7 Å². The van der Waals surface area contributed by atoms with Crippen molar-refractivity contribution in [1.82, 2.24) is 14.8 Å². The number of benzene rings is 2. The molecule has 1 aliphatic heterocycles. The van der Waals surface area contributed by atoms with E-state index >= 15 is 0 Å². The van der Waals surface area contributed by atoms with Gasteiger partial charge in [0.25, 0.3) is 0 Å². The number of hydrogen-bond donors (Lipinski definition) is 0. The quantitative estimate of drug-likeness (QED) is 0.308. The van der Waals surface area contributed by atoms with Crippen molar-refractivity contribution in [2.24, 2.45) is 4.99 Å². The monoisotopic (exact) mass is 536 g/mol. The number of rotatable bonds is 9. The van der Waals surface area contributed by atoms with Crippen molar-refractivity contribution in [3.05, 3.63) is 64.1 Å². The van der Waals surface area contributed by atoms with Crippen LogP contribution in [0.4, 0.5) is 11.4 Å². The molecule has 7 heteroatoms. The zero-order valence-corrected chi connectivity index (χ0v) is 23.4. The third-order valence-electron chi connectivity index (χ3n) is 6.45. The highest BCUT2D eigenvalue weighted by Crippen LogP contribution is 2.36. The molecule has 3 aromatic rings. The molecule has 2 aromatic carbocycles. The second-order valence-electron chi connectivity index (χ2n) is 9.69. The third kappa shape index (κ3) is 5.01. The van der Waals surface area contributed by atoms with Crippen molar-refractivity contribution in [3.8, 4) is 5.69 Å². The predicted molar refractivity (Wildman–Crippen MR) is 150 cm³/mol. The maximum atomic E-state index is 5.13. The van der Waals surface area contributed by atoms with Crippen molar-refractivity contribution in [3.63, 3.8) is 0 Å². The summed E-state index contributed by atoms with van der Waals surface area (Å²) >= 11 is 3.63. The predicted octanol–water partition coefficient (Wildman–Crippen LogP) is 6.63. The highest BCUT2D eigenvalue weighted by atomic mass is 79.9. The first-order valence-electron chi connectivity index (χ1n) is 12.8. The molecule has 4 rings (SSSR count). The summed E-state index contributed by atoms with van der Waals surface area (Å²) in [6.07, 6.45) is 2.28. The van der Waals surface area contributed by atoms with Crippen LogP contribution in [0.2, 0.25) is 0 Å². The molecule has 0 spiro atoms. The summed E-state index contributed by atoms with van der Waals surface area (Å²) < 4.78 is 2.79. The van der Waals surface area contributed by atoms with E-state index in [1.54, 1.807) is 0 Å². The van der Waals surface area contributed by atoms with E-state index in [-0.39, 0.29) is 0 Å². The van der Waals surface area contributed by atoms with Crippen LogP contribution in [0, 0.1) is 0 Å². The molecule has 0 bridgehead atoms. The van der Waals surface area contributed by atoms with Gasteiger partial charge in [0, 0.05) is 47.7 Å². The Bertz CT molecular complexity index is 1160. The van der Waals surface area contributed by atoms with E-state index in [1.807, 2.05) is 0 Å². The lowest BCUT2D eigenvalue weighted by Gasteiger charge is -2.35. The Morgan fingerprint density at radius 3 is 2.17 bits per heavy atom. The summed E-state index contributed by atoms with van der Waals surface area (Å²) in [7, 11) is 0. The Labute approximate surface area is 218 Å². The Kier molecular flexibility index (Phi) is 7.95. The number of nitrogens with zero attached hydrogens (tertiary/aromatic N) is 6. The maximum Gasteiger partial charge on any atom is 0.204 e. The van der Waals surface area contributed by atoms with Gasteiger partial charge in [-0.1, -0.05) is 32.0 Å². The topological polar surface area (TPSA) is 49.6 Å². The molecule has 35 heavy (non-hydrogen) atoms. The summed E-state index contributed by atoms with van der Waals surface area (Å²) in [5.74, 6) is 0.833. The van der Waals surface area contributed by atoms with E-state index in [1.165, 1.54) is 11.4 Å². The van der Waals surface area contributed by atoms with E-state index in [2.05, 4.69) is 125 Å². The van der Waals surface area contributed by atoms with Gasteiger partial charge in [0.15, 0.2) is 5.82 Å². The number of halogens is 1. The fraction of sp³-hybridized carbons (Fsp3) is 0.464. The number of fused-ring (bicyclic) bond motifs is 3. The first-order valence-corrected chi connectivity index (χ1v) is 13.6. The second-order valence-corrected chi connectivity index (χ2v) is 10.4. The van der Waals surface area contributed by atoms with Crippen LogP contribution in [0.5, 0.6) is 0 Å². The third-order valence-corrected chi connectivity index (χ3v) is 6.96. The van der Waals surface area contributed by atoms with Gasteiger partial charge >= 0.3 is 0 Å². The molecule has 0 amide bonds. The molecule has 0 aliphatic carbocycles. The molecule has 6 nitrogen and oxygen atoms in total. The lowest BCUT2D eigenvalue weighted by atomic mass is 9.96. The Hall–Kier alpha value is -2.67. The first-order chi connectivity index (χ1) is 16.9. The van der Waals surface area contributed by atoms with Gasteiger partial charge in [0.05, 0.1) is 11.4 Å². The summed E-state index contributed by atoms with van der Waals surface area (Å²) in [5, 5.41) is 8.69. The summed E-state index contributed by atoms with van der Waals surface area (Å²) in [5.41, 5.74) is 6.76. The molecule has 0 saturated carbocycles. The van der Waals surface area contributed by atoms with E-state index in [9.17, 15) is 0 Å². The largest absolute Gasteiger partial charge is 0.372 e. The highest BCUT2D eigenvalue weighted by Gasteiger charge is 2.28. The van der Waals surface area contributed by atoms with Gasteiger partial charge in [-0.25, -0.2) is 0 Å². The van der Waals surface area contributed by atoms with Crippen LogP contribution in [0.1, 0.15) is 71.3 Å². The number of anilines is 2. The SMILES string of the molecule is CCCN(CCC)c1ccc(C2=NCc3nnc(Br)n3-c3cccc(N(C(C)C)C(C)C)c32)cc1. The lowest BCUT2D eigenvalue weighted by molar-refractivity contribution is 0.607. The standard InChI is InChI=1S/C28H37BrN6/c1-7-16-33(17-8-2)22-14-12-21(13-15-22)27-26-23(34(19(3)4)20(5)6)10-9-11-24(26)35-25(18-30-27)31-32-28(35)29/h9-15,19-20H,7-8,16-18H2,1-6H3. The zero-order chi connectivity index (χ0) is 25.1.